The van der Waals surface area contributed by atoms with Crippen molar-refractivity contribution in [3.8, 4) is 5.75 Å². The molecule has 1 aliphatic rings. The molecule has 0 aromatic heterocycles. The molecule has 1 heterocycles. The Morgan fingerprint density at radius 1 is 1.13 bits per heavy atom. The van der Waals surface area contributed by atoms with Crippen LogP contribution in [0.25, 0.3) is 10.8 Å². The van der Waals surface area contributed by atoms with Gasteiger partial charge >= 0.3 is 0 Å². The zero-order valence-corrected chi connectivity index (χ0v) is 18.7. The highest BCUT2D eigenvalue weighted by molar-refractivity contribution is 9.10. The van der Waals surface area contributed by atoms with Gasteiger partial charge in [0.1, 0.15) is 12.4 Å². The number of fused-ring (bicyclic) bond motifs is 1. The Morgan fingerprint density at radius 3 is 2.77 bits per heavy atom. The van der Waals surface area contributed by atoms with Crippen LogP contribution in [0.5, 0.6) is 5.75 Å². The van der Waals surface area contributed by atoms with Gasteiger partial charge in [-0.05, 0) is 56.0 Å². The minimum Gasteiger partial charge on any atom is -0.488 e. The van der Waals surface area contributed by atoms with Gasteiger partial charge < -0.3 is 9.47 Å². The summed E-state index contributed by atoms with van der Waals surface area (Å²) in [6.45, 7) is 3.67. The zero-order valence-electron chi connectivity index (χ0n) is 17.1. The number of morpholine rings is 1. The van der Waals surface area contributed by atoms with Gasteiger partial charge in [-0.25, -0.2) is 5.43 Å². The molecule has 3 aromatic carbocycles. The summed E-state index contributed by atoms with van der Waals surface area (Å²) in [6.07, 6.45) is 1.62. The van der Waals surface area contributed by atoms with Crippen molar-refractivity contribution in [1.82, 2.24) is 10.3 Å². The second-order valence-corrected chi connectivity index (χ2v) is 8.15. The molecule has 0 bridgehead atoms. The number of nitrogens with one attached hydrogen (secondary N) is 1. The fourth-order valence-electron chi connectivity index (χ4n) is 3.46. The molecule has 0 unspecified atom stereocenters. The van der Waals surface area contributed by atoms with Crippen LogP contribution < -0.4 is 10.2 Å². The number of hydrogen-bond acceptors (Lipinski definition) is 5. The van der Waals surface area contributed by atoms with Crippen LogP contribution in [0, 0.1) is 0 Å². The number of halogens is 1. The van der Waals surface area contributed by atoms with Crippen molar-refractivity contribution in [1.29, 1.82) is 0 Å². The van der Waals surface area contributed by atoms with Crippen LogP contribution in [0.15, 0.2) is 70.2 Å². The highest BCUT2D eigenvalue weighted by Crippen LogP contribution is 2.27. The molecular formula is C24H24BrN3O3. The molecule has 1 amide bonds. The molecule has 160 valence electrons. The van der Waals surface area contributed by atoms with Crippen molar-refractivity contribution in [3.05, 3.63) is 76.3 Å². The van der Waals surface area contributed by atoms with Crippen molar-refractivity contribution >= 4 is 38.8 Å². The third-order valence-corrected chi connectivity index (χ3v) is 5.71. The molecule has 31 heavy (non-hydrogen) atoms. The van der Waals surface area contributed by atoms with Crippen LogP contribution in [0.2, 0.25) is 0 Å². The molecule has 1 N–H and O–H groups in total. The lowest BCUT2D eigenvalue weighted by molar-refractivity contribution is -0.123. The van der Waals surface area contributed by atoms with Crippen molar-refractivity contribution in [2.75, 3.05) is 32.8 Å². The molecule has 0 radical (unpaired) electrons. The molecule has 3 aromatic rings. The van der Waals surface area contributed by atoms with Crippen LogP contribution in [0.1, 0.15) is 11.1 Å². The highest BCUT2D eigenvalue weighted by Gasteiger charge is 2.13. The molecule has 6 nitrogen and oxygen atoms in total. The Bertz CT molecular complexity index is 1080. The maximum atomic E-state index is 12.0. The van der Waals surface area contributed by atoms with Crippen molar-refractivity contribution < 1.29 is 14.3 Å². The quantitative estimate of drug-likeness (QED) is 0.409. The maximum absolute atomic E-state index is 12.0. The van der Waals surface area contributed by atoms with Crippen molar-refractivity contribution in [3.63, 3.8) is 0 Å². The van der Waals surface area contributed by atoms with Crippen LogP contribution in [-0.4, -0.2) is 49.9 Å². The molecule has 1 aliphatic heterocycles. The van der Waals surface area contributed by atoms with E-state index in [0.29, 0.717) is 26.4 Å². The molecule has 0 spiro atoms. The SMILES string of the molecule is O=C(CN1CCOCC1)N/N=C/c1ccc(OCc2cccc3ccccc23)c(Br)c1. The molecule has 0 aliphatic carbocycles. The first kappa shape index (κ1) is 21.5. The third kappa shape index (κ3) is 5.91. The molecule has 1 saturated heterocycles. The monoisotopic (exact) mass is 481 g/mol. The summed E-state index contributed by atoms with van der Waals surface area (Å²) in [4.78, 5) is 14.0. The van der Waals surface area contributed by atoms with Gasteiger partial charge in [-0.15, -0.1) is 0 Å². The summed E-state index contributed by atoms with van der Waals surface area (Å²) in [5.41, 5.74) is 4.57. The normalized spacial score (nSPS) is 14.7. The van der Waals surface area contributed by atoms with Gasteiger partial charge in [-0.3, -0.25) is 9.69 Å². The fraction of sp³-hybridized carbons (Fsp3) is 0.250. The predicted octanol–water partition coefficient (Wildman–Crippen LogP) is 3.96. The summed E-state index contributed by atoms with van der Waals surface area (Å²) >= 11 is 3.56. The first-order chi connectivity index (χ1) is 15.2. The number of ether oxygens (including phenoxy) is 2. The zero-order chi connectivity index (χ0) is 21.5. The van der Waals surface area contributed by atoms with Gasteiger partial charge in [0.2, 0.25) is 0 Å². The van der Waals surface area contributed by atoms with E-state index < -0.39 is 0 Å². The lowest BCUT2D eigenvalue weighted by atomic mass is 10.1. The van der Waals surface area contributed by atoms with E-state index in [9.17, 15) is 4.79 Å². The molecule has 7 heteroatoms. The molecule has 1 fully saturated rings. The summed E-state index contributed by atoms with van der Waals surface area (Å²) in [7, 11) is 0. The largest absolute Gasteiger partial charge is 0.488 e. The summed E-state index contributed by atoms with van der Waals surface area (Å²) in [5, 5.41) is 6.45. The number of hydrogen-bond donors (Lipinski definition) is 1. The van der Waals surface area contributed by atoms with Crippen molar-refractivity contribution in [2.24, 2.45) is 5.10 Å². The van der Waals surface area contributed by atoms with E-state index in [-0.39, 0.29) is 5.91 Å². The van der Waals surface area contributed by atoms with E-state index in [4.69, 9.17) is 9.47 Å². The Morgan fingerprint density at radius 2 is 1.94 bits per heavy atom. The number of nitrogens with zero attached hydrogens (tertiary/aromatic N) is 2. The summed E-state index contributed by atoms with van der Waals surface area (Å²) in [5.74, 6) is 0.619. The van der Waals surface area contributed by atoms with Gasteiger partial charge in [-0.1, -0.05) is 42.5 Å². The second kappa shape index (κ2) is 10.5. The first-order valence-corrected chi connectivity index (χ1v) is 11.0. The van der Waals surface area contributed by atoms with Crippen LogP contribution >= 0.6 is 15.9 Å². The van der Waals surface area contributed by atoms with E-state index in [2.05, 4.69) is 50.7 Å². The number of carbonyl (C=O) groups excluding carboxylic acids is 1. The number of benzene rings is 3. The summed E-state index contributed by atoms with van der Waals surface area (Å²) < 4.78 is 12.2. The van der Waals surface area contributed by atoms with E-state index >= 15 is 0 Å². The van der Waals surface area contributed by atoms with Crippen molar-refractivity contribution in [2.45, 2.75) is 6.61 Å². The summed E-state index contributed by atoms with van der Waals surface area (Å²) in [6, 6.07) is 20.2. The number of amides is 1. The van der Waals surface area contributed by atoms with E-state index in [0.717, 1.165) is 34.4 Å². The number of carbonyl (C=O) groups is 1. The molecule has 4 rings (SSSR count). The third-order valence-electron chi connectivity index (χ3n) is 5.09. The smallest absolute Gasteiger partial charge is 0.254 e. The van der Waals surface area contributed by atoms with Gasteiger partial charge in [0.15, 0.2) is 0 Å². The second-order valence-electron chi connectivity index (χ2n) is 7.30. The van der Waals surface area contributed by atoms with Gasteiger partial charge in [-0.2, -0.15) is 5.10 Å². The number of hydrazone groups is 1. The topological polar surface area (TPSA) is 63.2 Å². The number of rotatable bonds is 7. The molecule has 0 atom stereocenters. The average Bonchev–Trinajstić information content (AvgIpc) is 2.79. The standard InChI is InChI=1S/C24H24BrN3O3/c25-22-14-18(15-26-27-24(29)16-28-10-12-30-13-11-28)8-9-23(22)31-17-20-6-3-5-19-4-1-2-7-21(19)20/h1-9,14-15H,10-13,16-17H2,(H,27,29)/b26-15+. The van der Waals surface area contributed by atoms with E-state index in [1.807, 2.05) is 41.3 Å². The molecular weight excluding hydrogens is 458 g/mol. The van der Waals surface area contributed by atoms with Gasteiger partial charge in [0.05, 0.1) is 30.4 Å². The fourth-order valence-corrected chi connectivity index (χ4v) is 3.98. The van der Waals surface area contributed by atoms with Gasteiger partial charge in [0.25, 0.3) is 5.91 Å². The Hall–Kier alpha value is -2.74. The lowest BCUT2D eigenvalue weighted by Crippen LogP contribution is -2.42. The molecule has 0 saturated carbocycles. The Labute approximate surface area is 190 Å². The van der Waals surface area contributed by atoms with E-state index in [1.165, 1.54) is 10.8 Å². The Kier molecular flexibility index (Phi) is 7.30. The predicted molar refractivity (Wildman–Crippen MR) is 125 cm³/mol. The average molecular weight is 482 g/mol. The van der Waals surface area contributed by atoms with Gasteiger partial charge in [0, 0.05) is 13.1 Å². The van der Waals surface area contributed by atoms with Crippen LogP contribution in [-0.2, 0) is 16.1 Å². The minimum atomic E-state index is -0.132. The minimum absolute atomic E-state index is 0.132. The van der Waals surface area contributed by atoms with E-state index in [1.54, 1.807) is 6.21 Å². The maximum Gasteiger partial charge on any atom is 0.254 e. The lowest BCUT2D eigenvalue weighted by Gasteiger charge is -2.25. The van der Waals surface area contributed by atoms with Crippen LogP contribution in [0.3, 0.4) is 0 Å². The van der Waals surface area contributed by atoms with Crippen LogP contribution in [0.4, 0.5) is 0 Å². The highest BCUT2D eigenvalue weighted by atomic mass is 79.9. The first-order valence-electron chi connectivity index (χ1n) is 10.2. The Balaban J connectivity index is 1.32.